The molecule has 1 N–H and O–H groups in total. The van der Waals surface area contributed by atoms with Crippen molar-refractivity contribution in [1.29, 1.82) is 0 Å². The van der Waals surface area contributed by atoms with Crippen molar-refractivity contribution in [3.05, 3.63) is 12.3 Å². The molecule has 4 heteroatoms. The fraction of sp³-hybridized carbons (Fsp3) is 0.667. The summed E-state index contributed by atoms with van der Waals surface area (Å²) in [6.07, 6.45) is 7.30. The highest BCUT2D eigenvalue weighted by molar-refractivity contribution is 5.40. The van der Waals surface area contributed by atoms with Crippen LogP contribution in [0.4, 0.5) is 11.8 Å². The highest BCUT2D eigenvalue weighted by Gasteiger charge is 2.14. The Bertz CT molecular complexity index is 332. The summed E-state index contributed by atoms with van der Waals surface area (Å²) < 4.78 is 0. The third kappa shape index (κ3) is 2.84. The largest absolute Gasteiger partial charge is 0.370 e. The van der Waals surface area contributed by atoms with Crippen molar-refractivity contribution in [1.82, 2.24) is 9.97 Å². The summed E-state index contributed by atoms with van der Waals surface area (Å²) in [7, 11) is 3.91. The van der Waals surface area contributed by atoms with Crippen molar-refractivity contribution < 1.29 is 0 Å². The first-order valence-electron chi connectivity index (χ1n) is 6.00. The number of hydrogen-bond donors (Lipinski definition) is 1. The maximum Gasteiger partial charge on any atom is 0.226 e. The van der Waals surface area contributed by atoms with Gasteiger partial charge in [0.25, 0.3) is 0 Å². The predicted molar refractivity (Wildman–Crippen MR) is 66.8 cm³/mol. The molecular weight excluding hydrogens is 200 g/mol. The minimum atomic E-state index is 0.761. The maximum atomic E-state index is 4.44. The van der Waals surface area contributed by atoms with Gasteiger partial charge >= 0.3 is 0 Å². The molecule has 0 spiro atoms. The molecule has 4 nitrogen and oxygen atoms in total. The normalized spacial score (nSPS) is 16.4. The summed E-state index contributed by atoms with van der Waals surface area (Å²) in [6.45, 7) is 1.05. The Morgan fingerprint density at radius 2 is 2.12 bits per heavy atom. The molecule has 0 aromatic carbocycles. The van der Waals surface area contributed by atoms with Gasteiger partial charge < -0.3 is 10.2 Å². The molecule has 1 fully saturated rings. The van der Waals surface area contributed by atoms with Gasteiger partial charge in [-0.3, -0.25) is 0 Å². The zero-order chi connectivity index (χ0) is 11.4. The number of rotatable bonds is 4. The lowest BCUT2D eigenvalue weighted by atomic mass is 10.1. The van der Waals surface area contributed by atoms with Gasteiger partial charge in [-0.1, -0.05) is 12.8 Å². The van der Waals surface area contributed by atoms with Crippen molar-refractivity contribution >= 4 is 11.8 Å². The second-order valence-electron chi connectivity index (χ2n) is 4.67. The lowest BCUT2D eigenvalue weighted by Crippen LogP contribution is -2.15. The van der Waals surface area contributed by atoms with Gasteiger partial charge in [-0.05, 0) is 24.8 Å². The summed E-state index contributed by atoms with van der Waals surface area (Å²) in [5, 5.41) is 3.40. The number of hydrogen-bond acceptors (Lipinski definition) is 4. The molecular formula is C12H20N4. The molecule has 0 unspecified atom stereocenters. The molecule has 0 saturated heterocycles. The van der Waals surface area contributed by atoms with E-state index in [1.165, 1.54) is 25.7 Å². The molecule has 1 saturated carbocycles. The summed E-state index contributed by atoms with van der Waals surface area (Å²) in [6, 6.07) is 1.93. The lowest BCUT2D eigenvalue weighted by molar-refractivity contribution is 0.579. The van der Waals surface area contributed by atoms with E-state index in [2.05, 4.69) is 15.3 Å². The van der Waals surface area contributed by atoms with Gasteiger partial charge in [-0.2, -0.15) is 4.98 Å². The molecule has 1 heterocycles. The Morgan fingerprint density at radius 1 is 1.38 bits per heavy atom. The van der Waals surface area contributed by atoms with Gasteiger partial charge in [0.2, 0.25) is 5.95 Å². The molecule has 16 heavy (non-hydrogen) atoms. The van der Waals surface area contributed by atoms with Gasteiger partial charge in [0.05, 0.1) is 0 Å². The summed E-state index contributed by atoms with van der Waals surface area (Å²) in [4.78, 5) is 10.5. The molecule has 0 amide bonds. The average Bonchev–Trinajstić information content (AvgIpc) is 2.79. The van der Waals surface area contributed by atoms with E-state index in [9.17, 15) is 0 Å². The topological polar surface area (TPSA) is 41.1 Å². The van der Waals surface area contributed by atoms with Gasteiger partial charge in [-0.15, -0.1) is 0 Å². The fourth-order valence-electron chi connectivity index (χ4n) is 2.13. The summed E-state index contributed by atoms with van der Waals surface area (Å²) in [5.41, 5.74) is 0. The van der Waals surface area contributed by atoms with Gasteiger partial charge in [0, 0.05) is 26.8 Å². The molecule has 2 rings (SSSR count). The molecule has 1 aromatic heterocycles. The molecule has 1 aliphatic carbocycles. The second-order valence-corrected chi connectivity index (χ2v) is 4.67. The van der Waals surface area contributed by atoms with Crippen molar-refractivity contribution in [2.45, 2.75) is 25.7 Å². The Hall–Kier alpha value is -1.32. The summed E-state index contributed by atoms with van der Waals surface area (Å²) >= 11 is 0. The molecule has 88 valence electrons. The van der Waals surface area contributed by atoms with E-state index in [1.807, 2.05) is 25.1 Å². The van der Waals surface area contributed by atoms with Crippen LogP contribution in [0, 0.1) is 5.92 Å². The maximum absolute atomic E-state index is 4.44. The van der Waals surface area contributed by atoms with Crippen LogP contribution in [0.1, 0.15) is 25.7 Å². The summed E-state index contributed by atoms with van der Waals surface area (Å²) in [5.74, 6) is 2.53. The van der Waals surface area contributed by atoms with E-state index in [-0.39, 0.29) is 0 Å². The predicted octanol–water partition coefficient (Wildman–Crippen LogP) is 2.14. The van der Waals surface area contributed by atoms with E-state index >= 15 is 0 Å². The number of nitrogens with zero attached hydrogens (tertiary/aromatic N) is 3. The van der Waals surface area contributed by atoms with Crippen molar-refractivity contribution in [3.63, 3.8) is 0 Å². The molecule has 1 aromatic rings. The molecule has 0 radical (unpaired) electrons. The van der Waals surface area contributed by atoms with Crippen LogP contribution < -0.4 is 10.2 Å². The first kappa shape index (κ1) is 11.2. The fourth-order valence-corrected chi connectivity index (χ4v) is 2.13. The minimum Gasteiger partial charge on any atom is -0.370 e. The third-order valence-corrected chi connectivity index (χ3v) is 3.09. The van der Waals surface area contributed by atoms with Crippen LogP contribution in [0.3, 0.4) is 0 Å². The van der Waals surface area contributed by atoms with Crippen LogP contribution >= 0.6 is 0 Å². The average molecular weight is 220 g/mol. The molecule has 1 aliphatic rings. The lowest BCUT2D eigenvalue weighted by Gasteiger charge is -2.13. The zero-order valence-corrected chi connectivity index (χ0v) is 10.1. The van der Waals surface area contributed by atoms with Crippen LogP contribution in [0.5, 0.6) is 0 Å². The Balaban J connectivity index is 1.90. The smallest absolute Gasteiger partial charge is 0.226 e. The number of aromatic nitrogens is 2. The van der Waals surface area contributed by atoms with Crippen molar-refractivity contribution in [3.8, 4) is 0 Å². The molecule has 0 atom stereocenters. The SMILES string of the molecule is CN(C)c1nccc(NCC2CCCC2)n1. The Morgan fingerprint density at radius 3 is 2.81 bits per heavy atom. The van der Waals surface area contributed by atoms with E-state index < -0.39 is 0 Å². The van der Waals surface area contributed by atoms with E-state index in [0.717, 1.165) is 24.2 Å². The first-order chi connectivity index (χ1) is 7.75. The van der Waals surface area contributed by atoms with Crippen LogP contribution in [0.25, 0.3) is 0 Å². The molecule has 0 bridgehead atoms. The van der Waals surface area contributed by atoms with Gasteiger partial charge in [-0.25, -0.2) is 4.98 Å². The highest BCUT2D eigenvalue weighted by Crippen LogP contribution is 2.24. The number of anilines is 2. The molecule has 0 aliphatic heterocycles. The quantitative estimate of drug-likeness (QED) is 0.844. The number of nitrogens with one attached hydrogen (secondary N) is 1. The van der Waals surface area contributed by atoms with E-state index in [0.29, 0.717) is 0 Å². The third-order valence-electron chi connectivity index (χ3n) is 3.09. The van der Waals surface area contributed by atoms with Crippen molar-refractivity contribution in [2.24, 2.45) is 5.92 Å². The Kier molecular flexibility index (Phi) is 3.59. The van der Waals surface area contributed by atoms with Crippen LogP contribution in [-0.4, -0.2) is 30.6 Å². The van der Waals surface area contributed by atoms with E-state index in [1.54, 1.807) is 6.20 Å². The minimum absolute atomic E-state index is 0.761. The second kappa shape index (κ2) is 5.14. The Labute approximate surface area is 97.1 Å². The first-order valence-corrected chi connectivity index (χ1v) is 6.00. The highest BCUT2D eigenvalue weighted by atomic mass is 15.2. The van der Waals surface area contributed by atoms with Crippen molar-refractivity contribution in [2.75, 3.05) is 30.9 Å². The van der Waals surface area contributed by atoms with Crippen LogP contribution in [-0.2, 0) is 0 Å². The monoisotopic (exact) mass is 220 g/mol. The van der Waals surface area contributed by atoms with Crippen LogP contribution in [0.2, 0.25) is 0 Å². The van der Waals surface area contributed by atoms with Crippen LogP contribution in [0.15, 0.2) is 12.3 Å². The standard InChI is InChI=1S/C12H20N4/c1-16(2)12-13-8-7-11(15-12)14-9-10-5-3-4-6-10/h7-8,10H,3-6,9H2,1-2H3,(H,13,14,15). The zero-order valence-electron chi connectivity index (χ0n) is 10.1. The van der Waals surface area contributed by atoms with E-state index in [4.69, 9.17) is 0 Å². The van der Waals surface area contributed by atoms with Gasteiger partial charge in [0.15, 0.2) is 0 Å². The van der Waals surface area contributed by atoms with Gasteiger partial charge in [0.1, 0.15) is 5.82 Å².